The SMILES string of the molecule is CC1(C)c2ccccc2-c2ccc(N(c3ccc(-c4ccc5ccccc5c4-c4ccccc4)cc3)c3c(-c4ccccc4)ccc4ccccc34)cc21. The molecule has 0 aliphatic heterocycles. The lowest BCUT2D eigenvalue weighted by Gasteiger charge is -2.31. The van der Waals surface area contributed by atoms with E-state index in [9.17, 15) is 0 Å². The van der Waals surface area contributed by atoms with Gasteiger partial charge in [-0.25, -0.2) is 0 Å². The molecule has 1 nitrogen and oxygen atoms in total. The van der Waals surface area contributed by atoms with E-state index in [1.165, 1.54) is 82.9 Å². The third-order valence-corrected chi connectivity index (χ3v) is 11.5. The van der Waals surface area contributed by atoms with Gasteiger partial charge in [0, 0.05) is 27.7 Å². The highest BCUT2D eigenvalue weighted by molar-refractivity contribution is 6.07. The Morgan fingerprint density at radius 2 is 0.870 bits per heavy atom. The molecular weight excluding hydrogens is 651 g/mol. The fraction of sp³-hybridized carbons (Fsp3) is 0.0566. The molecule has 9 aromatic rings. The van der Waals surface area contributed by atoms with Crippen molar-refractivity contribution in [2.24, 2.45) is 0 Å². The number of hydrogen-bond acceptors (Lipinski definition) is 1. The van der Waals surface area contributed by atoms with Gasteiger partial charge in [0.25, 0.3) is 0 Å². The summed E-state index contributed by atoms with van der Waals surface area (Å²) in [4.78, 5) is 2.49. The average Bonchev–Trinajstić information content (AvgIpc) is 3.46. The second-order valence-electron chi connectivity index (χ2n) is 14.9. The molecule has 0 atom stereocenters. The van der Waals surface area contributed by atoms with Crippen LogP contribution in [0.4, 0.5) is 17.1 Å². The van der Waals surface area contributed by atoms with Gasteiger partial charge in [-0.05, 0) is 90.5 Å². The van der Waals surface area contributed by atoms with Crippen molar-refractivity contribution in [1.29, 1.82) is 0 Å². The van der Waals surface area contributed by atoms with E-state index in [2.05, 4.69) is 219 Å². The summed E-state index contributed by atoms with van der Waals surface area (Å²) in [5, 5.41) is 4.93. The summed E-state index contributed by atoms with van der Waals surface area (Å²) < 4.78 is 0. The number of fused-ring (bicyclic) bond motifs is 5. The molecule has 0 bridgehead atoms. The maximum atomic E-state index is 2.49. The van der Waals surface area contributed by atoms with Crippen LogP contribution in [0.25, 0.3) is 66.1 Å². The van der Waals surface area contributed by atoms with Crippen molar-refractivity contribution in [2.45, 2.75) is 19.3 Å². The lowest BCUT2D eigenvalue weighted by molar-refractivity contribution is 0.660. The molecule has 9 aromatic carbocycles. The Kier molecular flexibility index (Phi) is 7.56. The minimum absolute atomic E-state index is 0.123. The van der Waals surface area contributed by atoms with Crippen LogP contribution in [-0.2, 0) is 5.41 Å². The molecule has 0 spiro atoms. The highest BCUT2D eigenvalue weighted by Crippen LogP contribution is 2.52. The number of anilines is 3. The lowest BCUT2D eigenvalue weighted by atomic mass is 9.82. The predicted molar refractivity (Wildman–Crippen MR) is 230 cm³/mol. The van der Waals surface area contributed by atoms with Crippen molar-refractivity contribution in [3.63, 3.8) is 0 Å². The van der Waals surface area contributed by atoms with E-state index in [1.807, 2.05) is 0 Å². The summed E-state index contributed by atoms with van der Waals surface area (Å²) >= 11 is 0. The van der Waals surface area contributed by atoms with Gasteiger partial charge in [0.2, 0.25) is 0 Å². The van der Waals surface area contributed by atoms with Gasteiger partial charge in [-0.1, -0.05) is 190 Å². The van der Waals surface area contributed by atoms with Gasteiger partial charge in [0.05, 0.1) is 5.69 Å². The van der Waals surface area contributed by atoms with Crippen molar-refractivity contribution in [2.75, 3.05) is 4.90 Å². The first-order valence-corrected chi connectivity index (χ1v) is 18.9. The van der Waals surface area contributed by atoms with E-state index in [4.69, 9.17) is 0 Å². The zero-order valence-corrected chi connectivity index (χ0v) is 30.5. The lowest BCUT2D eigenvalue weighted by Crippen LogP contribution is -2.17. The fourth-order valence-electron chi connectivity index (χ4n) is 8.80. The van der Waals surface area contributed by atoms with E-state index < -0.39 is 0 Å². The van der Waals surface area contributed by atoms with Crippen LogP contribution < -0.4 is 4.90 Å². The highest BCUT2D eigenvalue weighted by Gasteiger charge is 2.36. The summed E-state index contributed by atoms with van der Waals surface area (Å²) in [6, 6.07) is 73.4. The zero-order chi connectivity index (χ0) is 36.2. The van der Waals surface area contributed by atoms with E-state index in [0.29, 0.717) is 0 Å². The molecular formula is C53H39N. The third kappa shape index (κ3) is 5.16. The van der Waals surface area contributed by atoms with Gasteiger partial charge in [-0.2, -0.15) is 0 Å². The normalized spacial score (nSPS) is 12.8. The van der Waals surface area contributed by atoms with E-state index >= 15 is 0 Å². The molecule has 1 aliphatic carbocycles. The summed E-state index contributed by atoms with van der Waals surface area (Å²) in [7, 11) is 0. The number of nitrogens with zero attached hydrogens (tertiary/aromatic N) is 1. The molecule has 1 heteroatoms. The first kappa shape index (κ1) is 32.0. The standard InChI is InChI=1S/C53H39N/c1-53(2)49-24-14-13-23-47(49)48-34-31-42(35-50(48)53)54(52-45-22-12-10-18-38(45)28-33-46(52)36-15-5-3-6-16-36)41-29-25-39(26-30-41)44-32-27-37-17-9-11-21-43(37)51(44)40-19-7-4-8-20-40/h3-35H,1-2H3. The van der Waals surface area contributed by atoms with Crippen molar-refractivity contribution < 1.29 is 0 Å². The monoisotopic (exact) mass is 689 g/mol. The van der Waals surface area contributed by atoms with Gasteiger partial charge < -0.3 is 4.90 Å². The molecule has 0 amide bonds. The molecule has 0 fully saturated rings. The molecule has 0 saturated heterocycles. The Morgan fingerprint density at radius 1 is 0.352 bits per heavy atom. The van der Waals surface area contributed by atoms with Crippen LogP contribution in [0, 0.1) is 0 Å². The number of rotatable bonds is 6. The average molecular weight is 690 g/mol. The largest absolute Gasteiger partial charge is 0.309 e. The second-order valence-corrected chi connectivity index (χ2v) is 14.9. The molecule has 0 saturated carbocycles. The van der Waals surface area contributed by atoms with Crippen LogP contribution in [0.5, 0.6) is 0 Å². The van der Waals surface area contributed by atoms with E-state index in [0.717, 1.165) is 11.4 Å². The molecule has 0 radical (unpaired) electrons. The summed E-state index contributed by atoms with van der Waals surface area (Å²) in [5.74, 6) is 0. The van der Waals surface area contributed by atoms with Crippen LogP contribution in [0.3, 0.4) is 0 Å². The Balaban J connectivity index is 1.20. The van der Waals surface area contributed by atoms with Crippen LogP contribution in [-0.4, -0.2) is 0 Å². The van der Waals surface area contributed by atoms with Crippen LogP contribution in [0.2, 0.25) is 0 Å². The Hall–Kier alpha value is -6.70. The minimum Gasteiger partial charge on any atom is -0.309 e. The van der Waals surface area contributed by atoms with Crippen LogP contribution in [0.1, 0.15) is 25.0 Å². The fourth-order valence-corrected chi connectivity index (χ4v) is 8.80. The highest BCUT2D eigenvalue weighted by atomic mass is 15.1. The smallest absolute Gasteiger partial charge is 0.0618 e. The molecule has 10 rings (SSSR count). The summed E-state index contributed by atoms with van der Waals surface area (Å²) in [5.41, 5.74) is 16.0. The molecule has 0 aromatic heterocycles. The molecule has 54 heavy (non-hydrogen) atoms. The maximum absolute atomic E-state index is 2.49. The topological polar surface area (TPSA) is 3.24 Å². The Morgan fingerprint density at radius 3 is 1.61 bits per heavy atom. The molecule has 256 valence electrons. The quantitative estimate of drug-likeness (QED) is 0.168. The van der Waals surface area contributed by atoms with Crippen molar-refractivity contribution in [3.05, 3.63) is 211 Å². The Labute approximate surface area is 317 Å². The van der Waals surface area contributed by atoms with Gasteiger partial charge in [-0.15, -0.1) is 0 Å². The summed E-state index contributed by atoms with van der Waals surface area (Å²) in [6.45, 7) is 4.73. The van der Waals surface area contributed by atoms with Gasteiger partial charge >= 0.3 is 0 Å². The van der Waals surface area contributed by atoms with Gasteiger partial charge in [0.15, 0.2) is 0 Å². The molecule has 0 N–H and O–H groups in total. The molecule has 0 heterocycles. The van der Waals surface area contributed by atoms with Crippen molar-refractivity contribution >= 4 is 38.6 Å². The van der Waals surface area contributed by atoms with Crippen LogP contribution >= 0.6 is 0 Å². The Bertz CT molecular complexity index is 2830. The maximum Gasteiger partial charge on any atom is 0.0618 e. The minimum atomic E-state index is -0.123. The number of hydrogen-bond donors (Lipinski definition) is 0. The molecule has 0 unspecified atom stereocenters. The first-order chi connectivity index (χ1) is 26.6. The molecule has 1 aliphatic rings. The number of benzene rings is 9. The van der Waals surface area contributed by atoms with Gasteiger partial charge in [-0.3, -0.25) is 0 Å². The third-order valence-electron chi connectivity index (χ3n) is 11.5. The van der Waals surface area contributed by atoms with Crippen LogP contribution in [0.15, 0.2) is 200 Å². The zero-order valence-electron chi connectivity index (χ0n) is 30.5. The van der Waals surface area contributed by atoms with Crippen molar-refractivity contribution in [1.82, 2.24) is 0 Å². The van der Waals surface area contributed by atoms with E-state index in [1.54, 1.807) is 0 Å². The predicted octanol–water partition coefficient (Wildman–Crippen LogP) is 14.8. The summed E-state index contributed by atoms with van der Waals surface area (Å²) in [6.07, 6.45) is 0. The second kappa shape index (κ2) is 12.8. The first-order valence-electron chi connectivity index (χ1n) is 18.9. The van der Waals surface area contributed by atoms with Gasteiger partial charge in [0.1, 0.15) is 0 Å². The van der Waals surface area contributed by atoms with Crippen molar-refractivity contribution in [3.8, 4) is 44.5 Å². The van der Waals surface area contributed by atoms with E-state index in [-0.39, 0.29) is 5.41 Å².